The van der Waals surface area contributed by atoms with Gasteiger partial charge in [0.15, 0.2) is 0 Å². The van der Waals surface area contributed by atoms with Gasteiger partial charge in [-0.05, 0) is 25.8 Å². The third-order valence-electron chi connectivity index (χ3n) is 3.80. The second-order valence-corrected chi connectivity index (χ2v) is 6.50. The van der Waals surface area contributed by atoms with E-state index in [9.17, 15) is 0 Å². The summed E-state index contributed by atoms with van der Waals surface area (Å²) in [7, 11) is 3.82. The van der Waals surface area contributed by atoms with Crippen molar-refractivity contribution in [1.82, 2.24) is 10.3 Å². The van der Waals surface area contributed by atoms with Crippen LogP contribution in [0.3, 0.4) is 0 Å². The molecule has 0 radical (unpaired) electrons. The van der Waals surface area contributed by atoms with Gasteiger partial charge in [0.25, 0.3) is 0 Å². The summed E-state index contributed by atoms with van der Waals surface area (Å²) in [5.74, 6) is 0.480. The molecular weight excluding hydrogens is 244 g/mol. The van der Waals surface area contributed by atoms with Crippen molar-refractivity contribution in [2.45, 2.75) is 57.6 Å². The summed E-state index contributed by atoms with van der Waals surface area (Å²) >= 11 is 1.83. The highest BCUT2D eigenvalue weighted by Gasteiger charge is 2.39. The molecule has 1 aliphatic rings. The van der Waals surface area contributed by atoms with E-state index in [2.05, 4.69) is 19.2 Å². The van der Waals surface area contributed by atoms with Gasteiger partial charge in [-0.1, -0.05) is 26.7 Å². The molecule has 0 amide bonds. The number of nitrogens with one attached hydrogen (secondary N) is 1. The van der Waals surface area contributed by atoms with Crippen LogP contribution in [0.4, 0.5) is 0 Å². The van der Waals surface area contributed by atoms with Crippen LogP contribution < -0.4 is 5.32 Å². The maximum Gasteiger partial charge on any atom is 0.125 e. The first-order valence-electron chi connectivity index (χ1n) is 6.83. The van der Waals surface area contributed by atoms with Crippen LogP contribution >= 0.6 is 11.3 Å². The van der Waals surface area contributed by atoms with Crippen molar-refractivity contribution in [3.05, 3.63) is 15.6 Å². The fourth-order valence-electron chi connectivity index (χ4n) is 2.75. The van der Waals surface area contributed by atoms with Crippen LogP contribution in [0, 0.1) is 0 Å². The number of nitrogens with zero attached hydrogens (tertiary/aromatic N) is 1. The monoisotopic (exact) mass is 268 g/mol. The average molecular weight is 268 g/mol. The minimum atomic E-state index is -0.0969. The fourth-order valence-corrected chi connectivity index (χ4v) is 4.20. The lowest BCUT2D eigenvalue weighted by molar-refractivity contribution is -0.00898. The summed E-state index contributed by atoms with van der Waals surface area (Å²) in [5, 5.41) is 4.43. The van der Waals surface area contributed by atoms with Crippen LogP contribution in [0.25, 0.3) is 0 Å². The van der Waals surface area contributed by atoms with Gasteiger partial charge in [-0.2, -0.15) is 0 Å². The van der Waals surface area contributed by atoms with Crippen LogP contribution in [-0.4, -0.2) is 19.1 Å². The van der Waals surface area contributed by atoms with Crippen molar-refractivity contribution >= 4 is 11.3 Å². The molecule has 102 valence electrons. The summed E-state index contributed by atoms with van der Waals surface area (Å²) in [6, 6.07) is 0. The van der Waals surface area contributed by atoms with Crippen LogP contribution in [0.2, 0.25) is 0 Å². The van der Waals surface area contributed by atoms with E-state index < -0.39 is 0 Å². The minimum absolute atomic E-state index is 0.0969. The number of hydrogen-bond acceptors (Lipinski definition) is 4. The highest BCUT2D eigenvalue weighted by molar-refractivity contribution is 7.11. The van der Waals surface area contributed by atoms with Crippen LogP contribution in [0.5, 0.6) is 0 Å². The lowest BCUT2D eigenvalue weighted by Gasteiger charge is -2.24. The topological polar surface area (TPSA) is 34.1 Å². The number of rotatable bonds is 5. The fraction of sp³-hybridized carbons (Fsp3) is 0.786. The van der Waals surface area contributed by atoms with Crippen LogP contribution in [0.15, 0.2) is 0 Å². The van der Waals surface area contributed by atoms with Gasteiger partial charge >= 0.3 is 0 Å². The molecule has 0 aliphatic heterocycles. The van der Waals surface area contributed by atoms with Crippen molar-refractivity contribution < 1.29 is 4.74 Å². The molecular formula is C14H24N2OS. The van der Waals surface area contributed by atoms with E-state index in [0.717, 1.165) is 19.4 Å². The first-order valence-corrected chi connectivity index (χ1v) is 7.64. The summed E-state index contributed by atoms with van der Waals surface area (Å²) < 4.78 is 5.84. The molecule has 0 atom stereocenters. The number of ether oxygens (including phenoxy) is 1. The lowest BCUT2D eigenvalue weighted by atomic mass is 10.0. The third kappa shape index (κ3) is 2.46. The number of aromatic nitrogens is 1. The molecule has 1 heterocycles. The Bertz CT molecular complexity index is 394. The highest BCUT2D eigenvalue weighted by Crippen LogP contribution is 2.44. The summed E-state index contributed by atoms with van der Waals surface area (Å²) in [6.07, 6.45) is 4.75. The number of methoxy groups -OCH3 is 1. The molecule has 0 saturated heterocycles. The SMILES string of the molecule is CNCc1sc(C2(OC)CCCC2)nc1C(C)C. The first-order chi connectivity index (χ1) is 8.63. The van der Waals surface area contributed by atoms with Gasteiger partial charge in [0.2, 0.25) is 0 Å². The summed E-state index contributed by atoms with van der Waals surface area (Å²) in [6.45, 7) is 5.34. The Morgan fingerprint density at radius 2 is 2.06 bits per heavy atom. The lowest BCUT2D eigenvalue weighted by Crippen LogP contribution is -2.24. The molecule has 0 bridgehead atoms. The quantitative estimate of drug-likeness (QED) is 0.888. The maximum atomic E-state index is 5.84. The Kier molecular flexibility index (Phi) is 4.41. The van der Waals surface area contributed by atoms with Crippen molar-refractivity contribution in [3.8, 4) is 0 Å². The molecule has 0 unspecified atom stereocenters. The van der Waals surface area contributed by atoms with E-state index in [0.29, 0.717) is 5.92 Å². The van der Waals surface area contributed by atoms with Crippen LogP contribution in [-0.2, 0) is 16.9 Å². The zero-order chi connectivity index (χ0) is 13.2. The average Bonchev–Trinajstić information content (AvgIpc) is 2.95. The van der Waals surface area contributed by atoms with Gasteiger partial charge in [0.1, 0.15) is 10.6 Å². The molecule has 1 fully saturated rings. The second kappa shape index (κ2) is 5.68. The highest BCUT2D eigenvalue weighted by atomic mass is 32.1. The van der Waals surface area contributed by atoms with E-state index in [-0.39, 0.29) is 5.60 Å². The molecule has 1 aromatic rings. The van der Waals surface area contributed by atoms with Crippen molar-refractivity contribution in [2.24, 2.45) is 0 Å². The smallest absolute Gasteiger partial charge is 0.125 e. The standard InChI is InChI=1S/C14H24N2OS/c1-10(2)12-11(9-15-3)18-13(16-12)14(17-4)7-5-6-8-14/h10,15H,5-9H2,1-4H3. The molecule has 1 aromatic heterocycles. The molecule has 4 heteroatoms. The predicted octanol–water partition coefficient (Wildman–Crippen LogP) is 3.40. The maximum absolute atomic E-state index is 5.84. The van der Waals surface area contributed by atoms with Crippen molar-refractivity contribution in [1.29, 1.82) is 0 Å². The Labute approximate surface area is 114 Å². The molecule has 0 spiro atoms. The van der Waals surface area contributed by atoms with Crippen molar-refractivity contribution in [3.63, 3.8) is 0 Å². The van der Waals surface area contributed by atoms with E-state index in [1.54, 1.807) is 0 Å². The Morgan fingerprint density at radius 3 is 2.56 bits per heavy atom. The summed E-state index contributed by atoms with van der Waals surface area (Å²) in [5.41, 5.74) is 1.15. The van der Waals surface area contributed by atoms with Crippen molar-refractivity contribution in [2.75, 3.05) is 14.2 Å². The Balaban J connectivity index is 2.36. The zero-order valence-electron chi connectivity index (χ0n) is 11.9. The minimum Gasteiger partial charge on any atom is -0.371 e. The number of hydrogen-bond donors (Lipinski definition) is 1. The van der Waals surface area contributed by atoms with E-state index in [1.807, 2.05) is 25.5 Å². The molecule has 1 aliphatic carbocycles. The molecule has 1 saturated carbocycles. The zero-order valence-corrected chi connectivity index (χ0v) is 12.7. The van der Waals surface area contributed by atoms with Gasteiger partial charge in [-0.3, -0.25) is 0 Å². The van der Waals surface area contributed by atoms with Gasteiger partial charge in [0.05, 0.1) is 5.69 Å². The summed E-state index contributed by atoms with van der Waals surface area (Å²) in [4.78, 5) is 6.27. The van der Waals surface area contributed by atoms with E-state index >= 15 is 0 Å². The molecule has 1 N–H and O–H groups in total. The van der Waals surface area contributed by atoms with Gasteiger partial charge in [0, 0.05) is 18.5 Å². The molecule has 0 aromatic carbocycles. The molecule has 3 nitrogen and oxygen atoms in total. The molecule has 18 heavy (non-hydrogen) atoms. The largest absolute Gasteiger partial charge is 0.371 e. The van der Waals surface area contributed by atoms with E-state index in [4.69, 9.17) is 9.72 Å². The predicted molar refractivity (Wildman–Crippen MR) is 76.1 cm³/mol. The Morgan fingerprint density at radius 1 is 1.39 bits per heavy atom. The first kappa shape index (κ1) is 14.0. The number of thiazole rings is 1. The Hall–Kier alpha value is -0.450. The molecule has 2 rings (SSSR count). The second-order valence-electron chi connectivity index (χ2n) is 5.42. The normalized spacial score (nSPS) is 18.7. The van der Waals surface area contributed by atoms with Gasteiger partial charge in [-0.25, -0.2) is 4.98 Å². The third-order valence-corrected chi connectivity index (χ3v) is 5.06. The van der Waals surface area contributed by atoms with Crippen LogP contribution in [0.1, 0.15) is 61.0 Å². The van der Waals surface area contributed by atoms with Gasteiger partial charge < -0.3 is 10.1 Å². The van der Waals surface area contributed by atoms with E-state index in [1.165, 1.54) is 28.4 Å². The van der Waals surface area contributed by atoms with Gasteiger partial charge in [-0.15, -0.1) is 11.3 Å².